The van der Waals surface area contributed by atoms with E-state index in [4.69, 9.17) is 5.73 Å². The molecular formula is C31H44N4O3S. The summed E-state index contributed by atoms with van der Waals surface area (Å²) in [6.07, 6.45) is 4.68. The summed E-state index contributed by atoms with van der Waals surface area (Å²) in [5.41, 5.74) is 10.1. The van der Waals surface area contributed by atoms with Gasteiger partial charge in [-0.05, 0) is 86.3 Å². The molecule has 2 aliphatic heterocycles. The van der Waals surface area contributed by atoms with Gasteiger partial charge in [-0.2, -0.15) is 4.31 Å². The molecule has 2 aromatic carbocycles. The second-order valence-electron chi connectivity index (χ2n) is 12.4. The fraction of sp³-hybridized carbons (Fsp3) is 0.581. The van der Waals surface area contributed by atoms with E-state index in [0.29, 0.717) is 36.0 Å². The number of carbonyl (C=O) groups is 1. The van der Waals surface area contributed by atoms with Gasteiger partial charge in [0, 0.05) is 56.1 Å². The van der Waals surface area contributed by atoms with Crippen LogP contribution in [0.5, 0.6) is 0 Å². The first-order chi connectivity index (χ1) is 18.5. The number of sulfonamides is 1. The van der Waals surface area contributed by atoms with E-state index in [1.54, 1.807) is 18.2 Å². The third-order valence-electron chi connectivity index (χ3n) is 9.46. The SMILES string of the molecule is CC(C)c1ccccc1[C@@H]1CN(S(=O)(=O)C(C)C)CCN1C1CC2(CCN(c3ccc(C(N)=O)cc3)CC2)C1. The lowest BCUT2D eigenvalue weighted by atomic mass is 9.59. The van der Waals surface area contributed by atoms with Crippen LogP contribution in [0.1, 0.15) is 86.8 Å². The largest absolute Gasteiger partial charge is 0.371 e. The summed E-state index contributed by atoms with van der Waals surface area (Å²) < 4.78 is 28.1. The zero-order valence-electron chi connectivity index (χ0n) is 23.8. The minimum atomic E-state index is -3.30. The van der Waals surface area contributed by atoms with Crippen molar-refractivity contribution in [2.24, 2.45) is 11.1 Å². The second kappa shape index (κ2) is 10.9. The number of nitrogens with two attached hydrogens (primary N) is 1. The number of primary amides is 1. The molecule has 8 heteroatoms. The molecule has 212 valence electrons. The number of hydrogen-bond donors (Lipinski definition) is 1. The zero-order chi connectivity index (χ0) is 27.9. The summed E-state index contributed by atoms with van der Waals surface area (Å²) in [6.45, 7) is 11.9. The number of carbonyl (C=O) groups excluding carboxylic acids is 1. The van der Waals surface area contributed by atoms with E-state index in [1.165, 1.54) is 24.0 Å². The van der Waals surface area contributed by atoms with Crippen LogP contribution in [0.15, 0.2) is 48.5 Å². The van der Waals surface area contributed by atoms with Crippen molar-refractivity contribution in [2.75, 3.05) is 37.6 Å². The third-order valence-corrected chi connectivity index (χ3v) is 11.7. The summed E-state index contributed by atoms with van der Waals surface area (Å²) in [5, 5.41) is -0.408. The Balaban J connectivity index is 1.29. The van der Waals surface area contributed by atoms with E-state index in [2.05, 4.69) is 47.9 Å². The average Bonchev–Trinajstić information content (AvgIpc) is 2.91. The molecule has 3 fully saturated rings. The van der Waals surface area contributed by atoms with Gasteiger partial charge in [0.15, 0.2) is 0 Å². The van der Waals surface area contributed by atoms with E-state index in [9.17, 15) is 13.2 Å². The Morgan fingerprint density at radius 2 is 1.56 bits per heavy atom. The molecule has 1 atom stereocenters. The van der Waals surface area contributed by atoms with Crippen LogP contribution in [0.2, 0.25) is 0 Å². The summed E-state index contributed by atoms with van der Waals surface area (Å²) in [7, 11) is -3.30. The Hall–Kier alpha value is -2.42. The third kappa shape index (κ3) is 5.48. The maximum atomic E-state index is 13.2. The van der Waals surface area contributed by atoms with Crippen molar-refractivity contribution in [2.45, 2.75) is 76.6 Å². The summed E-state index contributed by atoms with van der Waals surface area (Å²) in [5.74, 6) is -0.00847. The number of benzene rings is 2. The minimum absolute atomic E-state index is 0.0806. The summed E-state index contributed by atoms with van der Waals surface area (Å²) in [4.78, 5) is 16.5. The van der Waals surface area contributed by atoms with Crippen LogP contribution in [0.25, 0.3) is 0 Å². The number of anilines is 1. The molecule has 5 rings (SSSR count). The molecule has 7 nitrogen and oxygen atoms in total. The van der Waals surface area contributed by atoms with Gasteiger partial charge in [-0.1, -0.05) is 38.1 Å². The number of rotatable bonds is 7. The van der Waals surface area contributed by atoms with Crippen LogP contribution < -0.4 is 10.6 Å². The highest BCUT2D eigenvalue weighted by atomic mass is 32.2. The lowest BCUT2D eigenvalue weighted by molar-refractivity contribution is -0.0522. The maximum Gasteiger partial charge on any atom is 0.248 e. The van der Waals surface area contributed by atoms with Crippen molar-refractivity contribution in [3.05, 3.63) is 65.2 Å². The number of piperazine rings is 1. The van der Waals surface area contributed by atoms with E-state index in [1.807, 2.05) is 24.3 Å². The standard InChI is InChI=1S/C31H44N4O3S/c1-22(2)27-7-5-6-8-28(27)29-21-34(39(37,38)23(3)4)17-18-35(29)26-19-31(20-26)13-15-33(16-14-31)25-11-9-24(10-12-25)30(32)36/h5-12,22-23,26,29H,13-21H2,1-4H3,(H2,32,36)/t29-/m0/s1. The second-order valence-corrected chi connectivity index (χ2v) is 14.9. The van der Waals surface area contributed by atoms with Crippen molar-refractivity contribution in [1.29, 1.82) is 0 Å². The Labute approximate surface area is 234 Å². The number of amides is 1. The van der Waals surface area contributed by atoms with Crippen molar-refractivity contribution >= 4 is 21.6 Å². The molecule has 1 amide bonds. The van der Waals surface area contributed by atoms with Gasteiger partial charge in [-0.25, -0.2) is 8.42 Å². The fourth-order valence-corrected chi connectivity index (χ4v) is 8.30. The summed E-state index contributed by atoms with van der Waals surface area (Å²) >= 11 is 0. The van der Waals surface area contributed by atoms with Gasteiger partial charge in [0.1, 0.15) is 0 Å². The first-order valence-electron chi connectivity index (χ1n) is 14.5. The minimum Gasteiger partial charge on any atom is -0.371 e. The van der Waals surface area contributed by atoms with Gasteiger partial charge in [-0.15, -0.1) is 0 Å². The van der Waals surface area contributed by atoms with Crippen molar-refractivity contribution in [3.8, 4) is 0 Å². The van der Waals surface area contributed by atoms with Crippen LogP contribution in [0.4, 0.5) is 5.69 Å². The van der Waals surface area contributed by atoms with Gasteiger partial charge >= 0.3 is 0 Å². The molecule has 39 heavy (non-hydrogen) atoms. The molecule has 0 bridgehead atoms. The molecule has 2 N–H and O–H groups in total. The molecule has 2 saturated heterocycles. The zero-order valence-corrected chi connectivity index (χ0v) is 24.7. The highest BCUT2D eigenvalue weighted by molar-refractivity contribution is 7.89. The molecule has 0 unspecified atom stereocenters. The quantitative estimate of drug-likeness (QED) is 0.536. The van der Waals surface area contributed by atoms with Crippen LogP contribution >= 0.6 is 0 Å². The Morgan fingerprint density at radius 3 is 2.15 bits per heavy atom. The lowest BCUT2D eigenvalue weighted by Gasteiger charge is -2.58. The maximum absolute atomic E-state index is 13.2. The van der Waals surface area contributed by atoms with Crippen LogP contribution in [-0.4, -0.2) is 67.5 Å². The van der Waals surface area contributed by atoms with E-state index in [0.717, 1.165) is 38.2 Å². The van der Waals surface area contributed by atoms with Gasteiger partial charge in [0.2, 0.25) is 15.9 Å². The van der Waals surface area contributed by atoms with Gasteiger partial charge in [-0.3, -0.25) is 9.69 Å². The molecule has 1 spiro atoms. The number of piperidine rings is 1. The Kier molecular flexibility index (Phi) is 7.83. The van der Waals surface area contributed by atoms with Gasteiger partial charge in [0.25, 0.3) is 0 Å². The van der Waals surface area contributed by atoms with Crippen LogP contribution in [-0.2, 0) is 10.0 Å². The molecule has 1 saturated carbocycles. The predicted molar refractivity (Wildman–Crippen MR) is 157 cm³/mol. The lowest BCUT2D eigenvalue weighted by Crippen LogP contribution is -2.61. The van der Waals surface area contributed by atoms with E-state index < -0.39 is 21.2 Å². The number of nitrogens with zero attached hydrogens (tertiary/aromatic N) is 3. The predicted octanol–water partition coefficient (Wildman–Crippen LogP) is 4.76. The molecule has 3 aliphatic rings. The van der Waals surface area contributed by atoms with E-state index >= 15 is 0 Å². The monoisotopic (exact) mass is 552 g/mol. The molecule has 2 heterocycles. The average molecular weight is 553 g/mol. The highest BCUT2D eigenvalue weighted by Gasteiger charge is 2.50. The fourth-order valence-electron chi connectivity index (χ4n) is 7.01. The van der Waals surface area contributed by atoms with Crippen molar-refractivity contribution in [1.82, 2.24) is 9.21 Å². The van der Waals surface area contributed by atoms with Crippen molar-refractivity contribution in [3.63, 3.8) is 0 Å². The Bertz CT molecular complexity index is 1280. The summed E-state index contributed by atoms with van der Waals surface area (Å²) in [6, 6.07) is 16.8. The molecule has 2 aromatic rings. The van der Waals surface area contributed by atoms with Crippen LogP contribution in [0.3, 0.4) is 0 Å². The first-order valence-corrected chi connectivity index (χ1v) is 16.0. The highest BCUT2D eigenvalue weighted by Crippen LogP contribution is 2.53. The smallest absolute Gasteiger partial charge is 0.248 e. The van der Waals surface area contributed by atoms with Gasteiger partial charge in [0.05, 0.1) is 5.25 Å². The Morgan fingerprint density at radius 1 is 0.923 bits per heavy atom. The van der Waals surface area contributed by atoms with E-state index in [-0.39, 0.29) is 6.04 Å². The molecule has 0 radical (unpaired) electrons. The number of hydrogen-bond acceptors (Lipinski definition) is 5. The molecule has 1 aliphatic carbocycles. The topological polar surface area (TPSA) is 87.0 Å². The molecule has 0 aromatic heterocycles. The van der Waals surface area contributed by atoms with Gasteiger partial charge < -0.3 is 10.6 Å². The first kappa shape index (κ1) is 28.1. The van der Waals surface area contributed by atoms with Crippen LogP contribution in [0, 0.1) is 5.41 Å². The normalized spacial score (nSPS) is 22.9. The van der Waals surface area contributed by atoms with Crippen molar-refractivity contribution < 1.29 is 13.2 Å². The molecular weight excluding hydrogens is 508 g/mol.